The summed E-state index contributed by atoms with van der Waals surface area (Å²) < 4.78 is 212. The van der Waals surface area contributed by atoms with Gasteiger partial charge in [0.2, 0.25) is 0 Å². The average molecular weight is 2240 g/mol. The van der Waals surface area contributed by atoms with E-state index in [1.807, 2.05) is 13.8 Å². The van der Waals surface area contributed by atoms with Crippen molar-refractivity contribution in [3.8, 4) is 0 Å². The number of halogens is 12. The van der Waals surface area contributed by atoms with Gasteiger partial charge in [0.15, 0.2) is 0 Å². The van der Waals surface area contributed by atoms with Gasteiger partial charge >= 0.3 is 67.3 Å². The lowest BCUT2D eigenvalue weighted by Crippen LogP contribution is -2.64. The standard InChI is InChI=1S/C19H30F2O6S.C16H24F2O6S.C15H22F2O7S.C14H20F2O6S.C13H18F2O7S.C13H18F2O6S/c1-16(2,3-4-22)10-17-6-13-5-14(7-17)9-18(8-13,11-17)12-25-15(23)19(20,21)28-27-26-24;1-13(2,20)15-6-10-3-11(7-15)5-14(4-10,8-15)9-22-12(19)16(17,18)25-24-23-21;16-15(17,25-24-23-21)11(20)22-9-14-3-10-1-12(5-14,7-18)4-13(2-10,6-14)8-19;15-14(16,23-22-21-19)11(18)20-8-13-4-9-1-10(5-13)3-12(2-9,6-13)7-17;14-13(15,23-22-21-19)9(16)20-7-10-1-8-2-11(17,4-10)6-12(18,3-8)5-10;14-13(15,22-21-20-18)10(16)19-7-11-2-8-1-9(3-11)5-12(17,4-8)6-11/h13-14,22,24H,3-12H2,1-2H3;10-11,20-21H,3-9H2,1-2H3;10,18-19,21H,1-9H2;9-10,17,19H,1-8H2;8,17-19H,1-7H2;8-9,17-18H,1-7H2/p-6. The van der Waals surface area contributed by atoms with Crippen LogP contribution in [0, 0.1) is 124 Å². The fourth-order valence-electron chi connectivity index (χ4n) is 34.0. The van der Waals surface area contributed by atoms with Crippen molar-refractivity contribution in [2.75, 3.05) is 66.1 Å². The van der Waals surface area contributed by atoms with E-state index >= 15 is 0 Å². The van der Waals surface area contributed by atoms with Crippen LogP contribution in [0.4, 0.5) is 52.7 Å². The molecule has 24 saturated carbocycles. The summed E-state index contributed by atoms with van der Waals surface area (Å²) in [5.74, 6) is -6.64. The molecule has 24 rings (SSSR count). The largest absolute Gasteiger partial charge is 0.691 e. The molecule has 0 aromatic heterocycles. The summed E-state index contributed by atoms with van der Waals surface area (Å²) in [5.41, 5.74) is -7.17. The van der Waals surface area contributed by atoms with Crippen LogP contribution in [0.2, 0.25) is 0 Å². The highest BCUT2D eigenvalue weighted by molar-refractivity contribution is 7.97. The van der Waals surface area contributed by atoms with Crippen LogP contribution in [0.15, 0.2) is 0 Å². The average Bonchev–Trinajstić information content (AvgIpc) is 0.703. The fraction of sp³-hybridized carbons (Fsp3) is 0.933. The Morgan fingerprint density at radius 2 is 0.486 bits per heavy atom. The molecule has 0 aromatic rings. The minimum atomic E-state index is -4.08. The summed E-state index contributed by atoms with van der Waals surface area (Å²) in [7, 11) is 0. The molecule has 12 atom stereocenters. The lowest BCUT2D eigenvalue weighted by Gasteiger charge is -2.65. The highest BCUT2D eigenvalue weighted by atomic mass is 32.2. The molecule has 38 nitrogen and oxygen atoms in total. The van der Waals surface area contributed by atoms with Gasteiger partial charge in [0.05, 0.1) is 62.0 Å². The summed E-state index contributed by atoms with van der Waals surface area (Å²) in [6.45, 7) is 7.26. The lowest BCUT2D eigenvalue weighted by atomic mass is 9.40. The van der Waals surface area contributed by atoms with Crippen molar-refractivity contribution in [1.82, 2.24) is 0 Å². The van der Waals surface area contributed by atoms with Gasteiger partial charge in [0.1, 0.15) is 72.3 Å². The Labute approximate surface area is 857 Å². The molecule has 0 aromatic carbocycles. The van der Waals surface area contributed by atoms with Gasteiger partial charge in [0.25, 0.3) is 0 Å². The molecule has 24 aliphatic rings. The summed E-state index contributed by atoms with van der Waals surface area (Å²) >= 11 is -4.14. The number of carbonyl (C=O) groups excluding carboxylic acids is 6. The van der Waals surface area contributed by atoms with Crippen molar-refractivity contribution >= 4 is 108 Å². The summed E-state index contributed by atoms with van der Waals surface area (Å²) in [4.78, 5) is 69.5. The first-order valence-corrected chi connectivity index (χ1v) is 52.9. The maximum Gasteiger partial charge on any atom is 0.415 e. The third-order valence-corrected chi connectivity index (χ3v) is 37.9. The molecule has 146 heavy (non-hydrogen) atoms. The van der Waals surface area contributed by atoms with Gasteiger partial charge in [-0.25, -0.2) is 28.8 Å². The van der Waals surface area contributed by atoms with Crippen LogP contribution in [0.3, 0.4) is 0 Å². The number of esters is 6. The first-order valence-electron chi connectivity index (χ1n) is 48.4. The minimum Gasteiger partial charge on any atom is -0.691 e. The van der Waals surface area contributed by atoms with Gasteiger partial charge in [-0.15, -0.1) is 0 Å². The van der Waals surface area contributed by atoms with E-state index < -0.39 is 178 Å². The van der Waals surface area contributed by atoms with E-state index in [4.69, 9.17) is 28.4 Å². The zero-order valence-electron chi connectivity index (χ0n) is 80.5. The van der Waals surface area contributed by atoms with E-state index in [9.17, 15) is 154 Å². The molecule has 0 radical (unpaired) electrons. The van der Waals surface area contributed by atoms with Crippen molar-refractivity contribution < 1.29 is 239 Å². The molecule has 0 spiro atoms. The second-order valence-corrected chi connectivity index (χ2v) is 53.4. The molecule has 24 bridgehead atoms. The summed E-state index contributed by atoms with van der Waals surface area (Å²) in [6.07, 6.45) is 30.1. The van der Waals surface area contributed by atoms with E-state index in [0.29, 0.717) is 118 Å². The number of carbonyl (C=O) groups is 6. The highest BCUT2D eigenvalue weighted by Gasteiger charge is 2.70. The molecule has 8 N–H and O–H groups in total. The van der Waals surface area contributed by atoms with Gasteiger partial charge < -0.3 is 101 Å². The first kappa shape index (κ1) is 120. The van der Waals surface area contributed by atoms with Crippen molar-refractivity contribution in [3.05, 3.63) is 0 Å². The zero-order valence-corrected chi connectivity index (χ0v) is 85.4. The third kappa shape index (κ3) is 28.2. The van der Waals surface area contributed by atoms with Crippen molar-refractivity contribution in [3.63, 3.8) is 0 Å². The summed E-state index contributed by atoms with van der Waals surface area (Å²) in [5, 5.41) is 132. The van der Waals surface area contributed by atoms with Crippen molar-refractivity contribution in [2.24, 2.45) is 124 Å². The Hall–Kier alpha value is -2.96. The number of aliphatic hydroxyl groups is 8. The van der Waals surface area contributed by atoms with Gasteiger partial charge in [-0.3, -0.25) is 30.2 Å². The van der Waals surface area contributed by atoms with Crippen molar-refractivity contribution in [1.29, 1.82) is 0 Å². The molecule has 0 saturated heterocycles. The molecular weight excluding hydrogens is 2110 g/mol. The van der Waals surface area contributed by atoms with Crippen LogP contribution < -0.4 is 31.5 Å². The van der Waals surface area contributed by atoms with Crippen LogP contribution >= 0.6 is 72.3 Å². The Morgan fingerprint density at radius 3 is 0.767 bits per heavy atom. The minimum absolute atomic E-state index is 0.0115. The number of rotatable bonds is 44. The van der Waals surface area contributed by atoms with Crippen LogP contribution in [0.5, 0.6) is 0 Å². The predicted molar refractivity (Wildman–Crippen MR) is 464 cm³/mol. The van der Waals surface area contributed by atoms with Gasteiger partial charge in [-0.05, 0) is 343 Å². The first-order chi connectivity index (χ1) is 67.9. The van der Waals surface area contributed by atoms with E-state index in [1.54, 1.807) is 0 Å². The fourth-order valence-corrected chi connectivity index (χ4v) is 35.4. The molecule has 840 valence electrons. The van der Waals surface area contributed by atoms with Crippen molar-refractivity contribution in [2.45, 2.75) is 326 Å². The van der Waals surface area contributed by atoms with E-state index in [1.165, 1.54) is 6.42 Å². The Kier molecular flexibility index (Phi) is 37.5. The number of hydrogen-bond donors (Lipinski definition) is 8. The van der Waals surface area contributed by atoms with Gasteiger partial charge in [-0.2, -0.15) is 78.7 Å². The maximum absolute atomic E-state index is 13.7. The van der Waals surface area contributed by atoms with Crippen LogP contribution in [0.25, 0.3) is 0 Å². The Balaban J connectivity index is 0.000000147. The molecule has 24 fully saturated rings. The molecule has 56 heteroatoms. The molecule has 0 heterocycles. The van der Waals surface area contributed by atoms with E-state index in [0.717, 1.165) is 161 Å². The molecule has 0 aliphatic heterocycles. The number of hydrogen-bond acceptors (Lipinski definition) is 44. The Bertz CT molecular complexity index is 4390. The highest BCUT2D eigenvalue weighted by Crippen LogP contribution is 2.74. The van der Waals surface area contributed by atoms with Crippen LogP contribution in [-0.4, -0.2) is 197 Å². The zero-order chi connectivity index (χ0) is 107. The quantitative estimate of drug-likeness (QED) is 0.00702. The Morgan fingerprint density at radius 1 is 0.274 bits per heavy atom. The second-order valence-electron chi connectivity index (χ2n) is 48.5. The number of alkyl halides is 12. The van der Waals surface area contributed by atoms with Crippen LogP contribution in [0.1, 0.15) is 272 Å². The van der Waals surface area contributed by atoms with E-state index in [-0.39, 0.29) is 133 Å². The molecule has 24 aliphatic carbocycles. The monoisotopic (exact) mass is 2230 g/mol. The number of ether oxygens (including phenoxy) is 6. The van der Waals surface area contributed by atoms with Crippen LogP contribution in [-0.2, 0) is 113 Å². The SMILES string of the molecule is CC(C)(CCO)CC12CC3CC(CC(COC(=O)C(F)(F)SOO[O-])(C3)C1)C2.CC(C)(O)C12CC3CC(CC(COC(=O)C(F)(F)SOO[O-])(C3)C1)C2.O=C(OCC12CC3CC(CC(CO)(C3)C1)C2)C(F)(F)SOO[O-].O=C(OCC12CC3CC(CC(O)(C3)C1)C2)C(F)(F)SOO[O-].O=C(OCC12CC3CC(CO)(CC(CO)(C3)C1)C2)C(F)(F)SOO[O-].O=C(OCC12CC3CC(O)(CC(O)(C3)C1)C2)C(F)(F)SOO[O-]. The number of aliphatic hydroxyl groups excluding tert-OH is 4. The van der Waals surface area contributed by atoms with Gasteiger partial charge in [0, 0.05) is 65.3 Å². The third-order valence-electron chi connectivity index (χ3n) is 34.9. The molecule has 0 amide bonds. The molecular formula is C90H126F12O38S6-6. The smallest absolute Gasteiger partial charge is 0.415 e. The topological polar surface area (TPSA) is 569 Å². The van der Waals surface area contributed by atoms with Gasteiger partial charge in [-0.1, -0.05) is 13.8 Å². The lowest BCUT2D eigenvalue weighted by molar-refractivity contribution is -0.777. The molecule has 12 unspecified atom stereocenters. The summed E-state index contributed by atoms with van der Waals surface area (Å²) in [6, 6.07) is 0. The van der Waals surface area contributed by atoms with E-state index in [2.05, 4.69) is 70.1 Å². The maximum atomic E-state index is 13.7. The normalized spacial score (nSPS) is 38.6. The second kappa shape index (κ2) is 45.6. The predicted octanol–water partition coefficient (Wildman–Crippen LogP) is 10.0.